The van der Waals surface area contributed by atoms with Gasteiger partial charge in [0.25, 0.3) is 0 Å². The molecule has 0 unspecified atom stereocenters. The number of benzene rings is 1. The Hall–Kier alpha value is -1.57. The quantitative estimate of drug-likeness (QED) is 0.849. The van der Waals surface area contributed by atoms with Crippen LogP contribution in [-0.4, -0.2) is 4.98 Å². The molecule has 0 bridgehead atoms. The first-order valence-electron chi connectivity index (χ1n) is 4.78. The first kappa shape index (κ1) is 11.9. The van der Waals surface area contributed by atoms with E-state index in [2.05, 4.69) is 26.2 Å². The molecule has 1 aromatic carbocycles. The highest BCUT2D eigenvalue weighted by molar-refractivity contribution is 9.10. The lowest BCUT2D eigenvalue weighted by molar-refractivity contribution is 1.30. The maximum Gasteiger partial charge on any atom is 0.148 e. The molecule has 5 heteroatoms. The van der Waals surface area contributed by atoms with E-state index in [-0.39, 0.29) is 5.15 Å². The second-order valence-corrected chi connectivity index (χ2v) is 4.54. The molecule has 2 aromatic rings. The highest BCUT2D eigenvalue weighted by Crippen LogP contribution is 2.25. The summed E-state index contributed by atoms with van der Waals surface area (Å²) in [6.07, 6.45) is 1.56. The molecule has 0 aliphatic rings. The predicted molar refractivity (Wildman–Crippen MR) is 71.4 cm³/mol. The Bertz CT molecular complexity index is 575. The molecule has 0 spiro atoms. The number of aromatic nitrogens is 1. The van der Waals surface area contributed by atoms with Crippen molar-refractivity contribution in [3.8, 4) is 6.07 Å². The normalized spacial score (nSPS) is 9.71. The van der Waals surface area contributed by atoms with E-state index in [1.807, 2.05) is 30.3 Å². The van der Waals surface area contributed by atoms with E-state index in [0.29, 0.717) is 11.3 Å². The van der Waals surface area contributed by atoms with Gasteiger partial charge in [0.05, 0.1) is 5.69 Å². The van der Waals surface area contributed by atoms with Gasteiger partial charge in [-0.25, -0.2) is 4.98 Å². The van der Waals surface area contributed by atoms with Crippen LogP contribution in [0.4, 0.5) is 11.4 Å². The Morgan fingerprint density at radius 1 is 1.24 bits per heavy atom. The SMILES string of the molecule is N#Cc1c(Nc2ccc(Br)cc2)ccnc1Cl. The number of nitriles is 1. The van der Waals surface area contributed by atoms with Crippen molar-refractivity contribution < 1.29 is 0 Å². The fourth-order valence-corrected chi connectivity index (χ4v) is 1.80. The summed E-state index contributed by atoms with van der Waals surface area (Å²) in [6.45, 7) is 0. The zero-order valence-corrected chi connectivity index (χ0v) is 11.0. The van der Waals surface area contributed by atoms with Gasteiger partial charge in [0.1, 0.15) is 16.8 Å². The van der Waals surface area contributed by atoms with Crippen molar-refractivity contribution in [2.24, 2.45) is 0 Å². The van der Waals surface area contributed by atoms with Crippen molar-refractivity contribution in [3.63, 3.8) is 0 Å². The van der Waals surface area contributed by atoms with E-state index in [4.69, 9.17) is 16.9 Å². The first-order valence-corrected chi connectivity index (χ1v) is 5.95. The summed E-state index contributed by atoms with van der Waals surface area (Å²) in [5.41, 5.74) is 1.87. The van der Waals surface area contributed by atoms with E-state index >= 15 is 0 Å². The Balaban J connectivity index is 2.34. The third-order valence-corrected chi connectivity index (χ3v) is 2.95. The zero-order chi connectivity index (χ0) is 12.3. The number of halogens is 2. The van der Waals surface area contributed by atoms with Gasteiger partial charge in [-0.2, -0.15) is 5.26 Å². The fraction of sp³-hybridized carbons (Fsp3) is 0. The second-order valence-electron chi connectivity index (χ2n) is 3.27. The standard InChI is InChI=1S/C12H7BrClN3/c13-8-1-3-9(4-2-8)17-11-5-6-16-12(14)10(11)7-15/h1-6H,(H,16,17). The average Bonchev–Trinajstić information content (AvgIpc) is 2.32. The molecule has 84 valence electrons. The topological polar surface area (TPSA) is 48.7 Å². The summed E-state index contributed by atoms with van der Waals surface area (Å²) in [7, 11) is 0. The van der Waals surface area contributed by atoms with Gasteiger partial charge < -0.3 is 5.32 Å². The third-order valence-electron chi connectivity index (χ3n) is 2.14. The van der Waals surface area contributed by atoms with Crippen LogP contribution < -0.4 is 5.32 Å². The summed E-state index contributed by atoms with van der Waals surface area (Å²) in [5.74, 6) is 0. The maximum absolute atomic E-state index is 9.00. The van der Waals surface area contributed by atoms with Crippen LogP contribution in [0.5, 0.6) is 0 Å². The molecule has 0 radical (unpaired) electrons. The van der Waals surface area contributed by atoms with E-state index in [0.717, 1.165) is 10.2 Å². The highest BCUT2D eigenvalue weighted by Gasteiger charge is 2.07. The lowest BCUT2D eigenvalue weighted by Gasteiger charge is -2.08. The van der Waals surface area contributed by atoms with Gasteiger partial charge >= 0.3 is 0 Å². The minimum Gasteiger partial charge on any atom is -0.354 e. The van der Waals surface area contributed by atoms with Gasteiger partial charge in [0.2, 0.25) is 0 Å². The van der Waals surface area contributed by atoms with E-state index < -0.39 is 0 Å². The molecule has 0 amide bonds. The number of pyridine rings is 1. The summed E-state index contributed by atoms with van der Waals surface area (Å²) >= 11 is 9.20. The molecule has 0 saturated heterocycles. The number of hydrogen-bond donors (Lipinski definition) is 1. The van der Waals surface area contributed by atoms with E-state index in [9.17, 15) is 0 Å². The molecule has 2 rings (SSSR count). The van der Waals surface area contributed by atoms with Crippen LogP contribution in [-0.2, 0) is 0 Å². The zero-order valence-electron chi connectivity index (χ0n) is 8.61. The van der Waals surface area contributed by atoms with Crippen molar-refractivity contribution >= 4 is 38.9 Å². The lowest BCUT2D eigenvalue weighted by Crippen LogP contribution is -1.95. The van der Waals surface area contributed by atoms with E-state index in [1.165, 1.54) is 0 Å². The molecule has 1 heterocycles. The van der Waals surface area contributed by atoms with Crippen LogP contribution in [0.3, 0.4) is 0 Å². The number of nitrogens with one attached hydrogen (secondary N) is 1. The Labute approximate surface area is 112 Å². The number of nitrogens with zero attached hydrogens (tertiary/aromatic N) is 2. The van der Waals surface area contributed by atoms with Crippen molar-refractivity contribution in [3.05, 3.63) is 51.7 Å². The van der Waals surface area contributed by atoms with Gasteiger partial charge in [-0.3, -0.25) is 0 Å². The minimum absolute atomic E-state index is 0.203. The molecule has 0 fully saturated rings. The molecule has 3 nitrogen and oxygen atoms in total. The summed E-state index contributed by atoms with van der Waals surface area (Å²) in [6, 6.07) is 11.4. The van der Waals surface area contributed by atoms with Gasteiger partial charge in [0.15, 0.2) is 0 Å². The number of hydrogen-bond acceptors (Lipinski definition) is 3. The molecule has 1 aromatic heterocycles. The second kappa shape index (κ2) is 5.17. The molecule has 0 aliphatic carbocycles. The van der Waals surface area contributed by atoms with Crippen LogP contribution in [0.1, 0.15) is 5.56 Å². The van der Waals surface area contributed by atoms with Crippen molar-refractivity contribution in [2.75, 3.05) is 5.32 Å². The minimum atomic E-state index is 0.203. The molecular weight excluding hydrogens is 302 g/mol. The predicted octanol–water partition coefficient (Wildman–Crippen LogP) is 4.11. The number of rotatable bonds is 2. The molecular formula is C12H7BrClN3. The van der Waals surface area contributed by atoms with Gasteiger partial charge in [-0.1, -0.05) is 27.5 Å². The smallest absolute Gasteiger partial charge is 0.148 e. The van der Waals surface area contributed by atoms with Crippen molar-refractivity contribution in [2.45, 2.75) is 0 Å². The monoisotopic (exact) mass is 307 g/mol. The van der Waals surface area contributed by atoms with Crippen LogP contribution >= 0.6 is 27.5 Å². The fourth-order valence-electron chi connectivity index (χ4n) is 1.34. The summed E-state index contributed by atoms with van der Waals surface area (Å²) in [5, 5.41) is 12.3. The van der Waals surface area contributed by atoms with Crippen molar-refractivity contribution in [1.82, 2.24) is 4.98 Å². The van der Waals surface area contributed by atoms with Gasteiger partial charge in [-0.15, -0.1) is 0 Å². The highest BCUT2D eigenvalue weighted by atomic mass is 79.9. The first-order chi connectivity index (χ1) is 8.20. The average molecular weight is 309 g/mol. The molecule has 17 heavy (non-hydrogen) atoms. The lowest BCUT2D eigenvalue weighted by atomic mass is 10.2. The van der Waals surface area contributed by atoms with Crippen LogP contribution in [0, 0.1) is 11.3 Å². The van der Waals surface area contributed by atoms with Crippen LogP contribution in [0.15, 0.2) is 41.0 Å². The van der Waals surface area contributed by atoms with Crippen LogP contribution in [0.2, 0.25) is 5.15 Å². The van der Waals surface area contributed by atoms with E-state index in [1.54, 1.807) is 12.3 Å². The van der Waals surface area contributed by atoms with Gasteiger partial charge in [0, 0.05) is 16.4 Å². The Kier molecular flexibility index (Phi) is 3.62. The number of anilines is 2. The summed E-state index contributed by atoms with van der Waals surface area (Å²) < 4.78 is 0.997. The van der Waals surface area contributed by atoms with Crippen molar-refractivity contribution in [1.29, 1.82) is 5.26 Å². The Morgan fingerprint density at radius 2 is 1.94 bits per heavy atom. The molecule has 0 saturated carbocycles. The third kappa shape index (κ3) is 2.76. The molecule has 1 N–H and O–H groups in total. The van der Waals surface area contributed by atoms with Crippen LogP contribution in [0.25, 0.3) is 0 Å². The van der Waals surface area contributed by atoms with Gasteiger partial charge in [-0.05, 0) is 30.3 Å². The Morgan fingerprint density at radius 3 is 2.59 bits per heavy atom. The molecule has 0 atom stereocenters. The molecule has 0 aliphatic heterocycles. The maximum atomic E-state index is 9.00. The summed E-state index contributed by atoms with van der Waals surface area (Å²) in [4.78, 5) is 3.86. The largest absolute Gasteiger partial charge is 0.354 e.